The maximum Gasteiger partial charge on any atom is 1.00 e. The zero-order valence-corrected chi connectivity index (χ0v) is 14.6. The summed E-state index contributed by atoms with van der Waals surface area (Å²) < 4.78 is 0. The van der Waals surface area contributed by atoms with E-state index in [0.29, 0.717) is 0 Å². The Morgan fingerprint density at radius 3 is 1.29 bits per heavy atom. The van der Waals surface area contributed by atoms with Gasteiger partial charge in [0.25, 0.3) is 0 Å². The topological polar surface area (TPSA) is 167 Å². The first kappa shape index (κ1) is 30.7. The number of aliphatic hydroxyl groups is 1. The third kappa shape index (κ3) is 13.1. The molecule has 7 N–H and O–H groups in total. The van der Waals surface area contributed by atoms with Gasteiger partial charge in [-0.1, -0.05) is 0 Å². The monoisotopic (exact) mass is 313 g/mol. The number of aliphatic carboxylic acids is 3. The first-order chi connectivity index (χ1) is 5.78. The van der Waals surface area contributed by atoms with Crippen molar-refractivity contribution in [2.75, 3.05) is 0 Å². The number of hydrogen-bond donors (Lipinski definition) is 5. The average molecular weight is 313 g/mol. The molecule has 0 saturated heterocycles. The second-order valence-corrected chi connectivity index (χ2v) is 2.48. The SMILES string of the molecule is N.O=C(O)CC(O)(CC(=O)O)C(=O)O.[Fe].[H-].[H-].[Na+].[Na+]. The van der Waals surface area contributed by atoms with Gasteiger partial charge in [0.05, 0.1) is 12.8 Å². The van der Waals surface area contributed by atoms with Crippen LogP contribution in [-0.4, -0.2) is 43.9 Å². The Morgan fingerprint density at radius 2 is 1.18 bits per heavy atom. The molecule has 11 heteroatoms. The van der Waals surface area contributed by atoms with Gasteiger partial charge in [0, 0.05) is 17.1 Å². The Bertz CT molecular complexity index is 256. The summed E-state index contributed by atoms with van der Waals surface area (Å²) in [5.41, 5.74) is -2.74. The van der Waals surface area contributed by atoms with E-state index in [1.807, 2.05) is 0 Å². The van der Waals surface area contributed by atoms with Crippen molar-refractivity contribution in [2.45, 2.75) is 18.4 Å². The maximum absolute atomic E-state index is 10.3. The largest absolute Gasteiger partial charge is 1.00 e. The van der Waals surface area contributed by atoms with Crippen LogP contribution >= 0.6 is 0 Å². The molecule has 0 rings (SSSR count). The van der Waals surface area contributed by atoms with Gasteiger partial charge in [-0.25, -0.2) is 4.79 Å². The quantitative estimate of drug-likeness (QED) is 0.312. The molecule has 0 radical (unpaired) electrons. The molecule has 0 bridgehead atoms. The van der Waals surface area contributed by atoms with E-state index >= 15 is 0 Å². The average Bonchev–Trinajstić information content (AvgIpc) is 1.82. The minimum absolute atomic E-state index is 0. The van der Waals surface area contributed by atoms with Crippen LogP contribution in [0, 0.1) is 0 Å². The van der Waals surface area contributed by atoms with Crippen molar-refractivity contribution in [2.24, 2.45) is 0 Å². The van der Waals surface area contributed by atoms with Gasteiger partial charge in [-0.05, 0) is 0 Å². The second kappa shape index (κ2) is 13.3. The number of carboxylic acid groups (broad SMARTS) is 3. The van der Waals surface area contributed by atoms with Crippen LogP contribution in [0.3, 0.4) is 0 Å². The van der Waals surface area contributed by atoms with Crippen molar-refractivity contribution in [1.29, 1.82) is 0 Å². The molecule has 0 atom stereocenters. The van der Waals surface area contributed by atoms with Gasteiger partial charge in [0.1, 0.15) is 0 Å². The van der Waals surface area contributed by atoms with Crippen LogP contribution in [0.25, 0.3) is 0 Å². The van der Waals surface area contributed by atoms with Crippen LogP contribution in [0.5, 0.6) is 0 Å². The summed E-state index contributed by atoms with van der Waals surface area (Å²) in [6, 6.07) is 0. The standard InChI is InChI=1S/C6H8O7.Fe.H3N.2Na.2H/c7-3(8)1-6(13,5(11)12)2-4(9)10;;;;;;/h13H,1-2H2,(H,7,8)(H,9,10)(H,11,12);;1H3;;;;/q;;;2*+1;2*-1. The van der Waals surface area contributed by atoms with E-state index in [0.717, 1.165) is 0 Å². The molecule has 0 aromatic heterocycles. The number of carbonyl (C=O) groups is 3. The molecule has 0 spiro atoms. The molecular formula is C6H13FeNNa2O7. The molecule has 8 nitrogen and oxygen atoms in total. The van der Waals surface area contributed by atoms with Gasteiger partial charge < -0.3 is 29.4 Å². The molecule has 0 aliphatic carbocycles. The van der Waals surface area contributed by atoms with Gasteiger partial charge in [0.2, 0.25) is 0 Å². The Hall–Kier alpha value is 0.849. The summed E-state index contributed by atoms with van der Waals surface area (Å²) in [6.07, 6.45) is -2.29. The second-order valence-electron chi connectivity index (χ2n) is 2.48. The third-order valence-electron chi connectivity index (χ3n) is 1.29. The molecule has 17 heavy (non-hydrogen) atoms. The van der Waals surface area contributed by atoms with E-state index in [-0.39, 0.29) is 85.2 Å². The normalized spacial score (nSPS) is 8.29. The van der Waals surface area contributed by atoms with Crippen molar-refractivity contribution in [1.82, 2.24) is 6.15 Å². The molecule has 0 aliphatic heterocycles. The van der Waals surface area contributed by atoms with Crippen molar-refractivity contribution in [3.63, 3.8) is 0 Å². The van der Waals surface area contributed by atoms with Crippen LogP contribution in [0.15, 0.2) is 0 Å². The zero-order valence-electron chi connectivity index (χ0n) is 11.5. The van der Waals surface area contributed by atoms with E-state index in [1.54, 1.807) is 0 Å². The van der Waals surface area contributed by atoms with E-state index in [1.165, 1.54) is 0 Å². The van der Waals surface area contributed by atoms with E-state index < -0.39 is 36.4 Å². The zero-order chi connectivity index (χ0) is 10.6. The molecule has 0 amide bonds. The van der Waals surface area contributed by atoms with E-state index in [9.17, 15) is 14.4 Å². The predicted octanol–water partition coefficient (Wildman–Crippen LogP) is -6.86. The van der Waals surface area contributed by atoms with Crippen LogP contribution in [0.2, 0.25) is 0 Å². The maximum atomic E-state index is 10.3. The molecule has 0 unspecified atom stereocenters. The molecule has 0 aromatic carbocycles. The van der Waals surface area contributed by atoms with Gasteiger partial charge >= 0.3 is 77.0 Å². The molecule has 0 fully saturated rings. The van der Waals surface area contributed by atoms with E-state index in [2.05, 4.69) is 0 Å². The first-order valence-electron chi connectivity index (χ1n) is 3.17. The Labute approximate surface area is 155 Å². The summed E-state index contributed by atoms with van der Waals surface area (Å²) in [5, 5.41) is 33.8. The fourth-order valence-corrected chi connectivity index (χ4v) is 0.714. The van der Waals surface area contributed by atoms with Crippen LogP contribution < -0.4 is 65.3 Å². The summed E-state index contributed by atoms with van der Waals surface area (Å²) in [5.74, 6) is -5.02. The van der Waals surface area contributed by atoms with Gasteiger partial charge in [0.15, 0.2) is 5.60 Å². The first-order valence-corrected chi connectivity index (χ1v) is 3.17. The van der Waals surface area contributed by atoms with Gasteiger partial charge in [-0.3, -0.25) is 9.59 Å². The molecular weight excluding hydrogens is 300 g/mol. The van der Waals surface area contributed by atoms with Crippen molar-refractivity contribution in [3.8, 4) is 0 Å². The minimum atomic E-state index is -2.74. The van der Waals surface area contributed by atoms with E-state index in [4.69, 9.17) is 20.4 Å². The Balaban J connectivity index is -0.0000000480. The molecule has 0 heterocycles. The predicted molar refractivity (Wildman–Crippen MR) is 44.3 cm³/mol. The van der Waals surface area contributed by atoms with Crippen molar-refractivity contribution < 1.29 is 114 Å². The smallest absolute Gasteiger partial charge is 1.00 e. The van der Waals surface area contributed by atoms with Crippen LogP contribution in [0.4, 0.5) is 0 Å². The fourth-order valence-electron chi connectivity index (χ4n) is 0.714. The summed E-state index contributed by atoms with van der Waals surface area (Å²) in [4.78, 5) is 30.5. The minimum Gasteiger partial charge on any atom is -1.00 e. The third-order valence-corrected chi connectivity index (χ3v) is 1.29. The molecule has 0 aliphatic rings. The molecule has 94 valence electrons. The van der Waals surface area contributed by atoms with Gasteiger partial charge in [-0.15, -0.1) is 0 Å². The van der Waals surface area contributed by atoms with Crippen molar-refractivity contribution in [3.05, 3.63) is 0 Å². The van der Waals surface area contributed by atoms with Crippen LogP contribution in [0.1, 0.15) is 15.7 Å². The summed E-state index contributed by atoms with van der Waals surface area (Å²) in [6.45, 7) is 0. The summed E-state index contributed by atoms with van der Waals surface area (Å²) in [7, 11) is 0. The van der Waals surface area contributed by atoms with Crippen LogP contribution in [-0.2, 0) is 31.5 Å². The number of carboxylic acids is 3. The molecule has 0 saturated carbocycles. The fraction of sp³-hybridized carbons (Fsp3) is 0.500. The Morgan fingerprint density at radius 1 is 0.941 bits per heavy atom. The number of rotatable bonds is 5. The Kier molecular flexibility index (Phi) is 24.0. The van der Waals surface area contributed by atoms with Crippen molar-refractivity contribution >= 4 is 17.9 Å². The molecule has 0 aromatic rings. The summed E-state index contributed by atoms with van der Waals surface area (Å²) >= 11 is 0. The van der Waals surface area contributed by atoms with Gasteiger partial charge in [-0.2, -0.15) is 0 Å². The number of hydrogen-bond acceptors (Lipinski definition) is 5.